The molecule has 43 heavy (non-hydrogen) atoms. The van der Waals surface area contributed by atoms with Crippen LogP contribution in [0.4, 0.5) is 5.69 Å². The van der Waals surface area contributed by atoms with E-state index in [1.165, 1.54) is 6.08 Å². The molecule has 0 aliphatic heterocycles. The Labute approximate surface area is 251 Å². The number of allylic oxidation sites excluding steroid dienone is 1. The Morgan fingerprint density at radius 2 is 1.26 bits per heavy atom. The molecule has 0 atom stereocenters. The van der Waals surface area contributed by atoms with Crippen molar-refractivity contribution < 1.29 is 14.4 Å². The van der Waals surface area contributed by atoms with Crippen LogP contribution in [0.3, 0.4) is 0 Å². The van der Waals surface area contributed by atoms with E-state index in [-0.39, 0.29) is 11.5 Å². The molecule has 2 N–H and O–H groups in total. The average Bonchev–Trinajstić information content (AvgIpc) is 3.04. The van der Waals surface area contributed by atoms with Gasteiger partial charge in [-0.15, -0.1) is 0 Å². The van der Waals surface area contributed by atoms with E-state index in [4.69, 9.17) is 0 Å². The number of nitrogens with one attached hydrogen (secondary N) is 2. The molecule has 0 spiro atoms. The highest BCUT2D eigenvalue weighted by molar-refractivity contribution is 6.11. The maximum atomic E-state index is 13.3. The predicted molar refractivity (Wildman–Crippen MR) is 173 cm³/mol. The molecule has 5 aromatic carbocycles. The molecule has 0 bridgehead atoms. The number of ketones is 1. The second-order valence-corrected chi connectivity index (χ2v) is 10.0. The molecule has 0 saturated heterocycles. The van der Waals surface area contributed by atoms with Gasteiger partial charge in [-0.05, 0) is 77.7 Å². The van der Waals surface area contributed by atoms with Crippen molar-refractivity contribution in [1.29, 1.82) is 0 Å². The molecule has 0 radical (unpaired) electrons. The highest BCUT2D eigenvalue weighted by Gasteiger charge is 2.15. The largest absolute Gasteiger partial charge is 0.321 e. The van der Waals surface area contributed by atoms with Gasteiger partial charge in [0.25, 0.3) is 11.8 Å². The molecule has 0 heterocycles. The fourth-order valence-corrected chi connectivity index (χ4v) is 4.47. The standard InChI is InChI=1S/C38H30N2O3/c1-27-9-8-10-29(25-27)26-35(40-37(42)33-13-6-3-7-14-33)38(43)39-34-22-20-32(21-23-34)36(41)24-17-28-15-18-31(19-16-28)30-11-4-2-5-12-30/h2-26H,1H3,(H,39,43)(H,40,42)/b24-17+,35-26-. The second kappa shape index (κ2) is 13.7. The fraction of sp³-hybridized carbons (Fsp3) is 0.0263. The summed E-state index contributed by atoms with van der Waals surface area (Å²) in [4.78, 5) is 39.0. The van der Waals surface area contributed by atoms with Crippen LogP contribution in [-0.2, 0) is 4.79 Å². The third-order valence-electron chi connectivity index (χ3n) is 6.75. The molecule has 0 aromatic heterocycles. The van der Waals surface area contributed by atoms with E-state index in [0.29, 0.717) is 16.8 Å². The first-order chi connectivity index (χ1) is 20.9. The van der Waals surface area contributed by atoms with Gasteiger partial charge in [0.05, 0.1) is 0 Å². The predicted octanol–water partition coefficient (Wildman–Crippen LogP) is 7.97. The van der Waals surface area contributed by atoms with Crippen molar-refractivity contribution in [1.82, 2.24) is 5.32 Å². The van der Waals surface area contributed by atoms with Gasteiger partial charge in [-0.3, -0.25) is 14.4 Å². The lowest BCUT2D eigenvalue weighted by atomic mass is 10.0. The van der Waals surface area contributed by atoms with Gasteiger partial charge in [0.1, 0.15) is 5.70 Å². The quantitative estimate of drug-likeness (QED) is 0.141. The Bertz CT molecular complexity index is 1790. The van der Waals surface area contributed by atoms with E-state index in [2.05, 4.69) is 22.8 Å². The lowest BCUT2D eigenvalue weighted by molar-refractivity contribution is -0.113. The number of hydrogen-bond donors (Lipinski definition) is 2. The Morgan fingerprint density at radius 3 is 1.93 bits per heavy atom. The summed E-state index contributed by atoms with van der Waals surface area (Å²) in [6, 6.07) is 41.1. The third-order valence-corrected chi connectivity index (χ3v) is 6.75. The first-order valence-corrected chi connectivity index (χ1v) is 13.9. The van der Waals surface area contributed by atoms with Crippen molar-refractivity contribution in [3.63, 3.8) is 0 Å². The summed E-state index contributed by atoms with van der Waals surface area (Å²) < 4.78 is 0. The molecule has 0 aliphatic rings. The monoisotopic (exact) mass is 562 g/mol. The normalized spacial score (nSPS) is 11.2. The van der Waals surface area contributed by atoms with Crippen LogP contribution in [0.5, 0.6) is 0 Å². The van der Waals surface area contributed by atoms with Crippen LogP contribution in [0, 0.1) is 6.92 Å². The number of amides is 2. The molecule has 210 valence electrons. The van der Waals surface area contributed by atoms with Crippen molar-refractivity contribution in [2.45, 2.75) is 6.92 Å². The summed E-state index contributed by atoms with van der Waals surface area (Å²) in [5.41, 5.74) is 6.49. The van der Waals surface area contributed by atoms with Gasteiger partial charge in [0.2, 0.25) is 0 Å². The number of carbonyl (C=O) groups is 3. The molecule has 0 fully saturated rings. The number of aryl methyl sites for hydroxylation is 1. The van der Waals surface area contributed by atoms with Crippen LogP contribution in [0.25, 0.3) is 23.3 Å². The smallest absolute Gasteiger partial charge is 0.272 e. The minimum Gasteiger partial charge on any atom is -0.321 e. The summed E-state index contributed by atoms with van der Waals surface area (Å²) in [6.45, 7) is 1.96. The first-order valence-electron chi connectivity index (χ1n) is 13.9. The topological polar surface area (TPSA) is 75.3 Å². The number of carbonyl (C=O) groups excluding carboxylic acids is 3. The number of anilines is 1. The lowest BCUT2D eigenvalue weighted by Gasteiger charge is -2.12. The van der Waals surface area contributed by atoms with E-state index in [0.717, 1.165) is 27.8 Å². The van der Waals surface area contributed by atoms with Gasteiger partial charge >= 0.3 is 0 Å². The molecule has 0 unspecified atom stereocenters. The highest BCUT2D eigenvalue weighted by atomic mass is 16.2. The number of benzene rings is 5. The van der Waals surface area contributed by atoms with Gasteiger partial charge in [-0.1, -0.05) is 109 Å². The molecule has 5 rings (SSSR count). The van der Waals surface area contributed by atoms with Gasteiger partial charge < -0.3 is 10.6 Å². The number of hydrogen-bond acceptors (Lipinski definition) is 3. The van der Waals surface area contributed by atoms with Crippen molar-refractivity contribution in [3.05, 3.63) is 173 Å². The van der Waals surface area contributed by atoms with Gasteiger partial charge in [0.15, 0.2) is 5.78 Å². The van der Waals surface area contributed by atoms with Crippen LogP contribution in [0.1, 0.15) is 37.4 Å². The SMILES string of the molecule is Cc1cccc(/C=C(\NC(=O)c2ccccc2)C(=O)Nc2ccc(C(=O)/C=C/c3ccc(-c4ccccc4)cc3)cc2)c1. The summed E-state index contributed by atoms with van der Waals surface area (Å²) in [7, 11) is 0. The zero-order valence-electron chi connectivity index (χ0n) is 23.7. The zero-order chi connectivity index (χ0) is 30.0. The molecular weight excluding hydrogens is 532 g/mol. The molecule has 0 aliphatic carbocycles. The van der Waals surface area contributed by atoms with E-state index in [9.17, 15) is 14.4 Å². The summed E-state index contributed by atoms with van der Waals surface area (Å²) in [5.74, 6) is -1.03. The first kappa shape index (κ1) is 28.7. The molecule has 5 heteroatoms. The average molecular weight is 563 g/mol. The van der Waals surface area contributed by atoms with E-state index < -0.39 is 11.8 Å². The van der Waals surface area contributed by atoms with E-state index in [1.807, 2.05) is 79.7 Å². The molecule has 5 aromatic rings. The van der Waals surface area contributed by atoms with Crippen LogP contribution < -0.4 is 10.6 Å². The van der Waals surface area contributed by atoms with Crippen molar-refractivity contribution >= 4 is 35.4 Å². The van der Waals surface area contributed by atoms with Crippen molar-refractivity contribution in [2.75, 3.05) is 5.32 Å². The Balaban J connectivity index is 1.26. The van der Waals surface area contributed by atoms with Gasteiger partial charge in [-0.2, -0.15) is 0 Å². The molecule has 5 nitrogen and oxygen atoms in total. The summed E-state index contributed by atoms with van der Waals surface area (Å²) in [5, 5.41) is 5.57. The maximum Gasteiger partial charge on any atom is 0.272 e. The minimum absolute atomic E-state index is 0.0980. The lowest BCUT2D eigenvalue weighted by Crippen LogP contribution is -2.30. The van der Waals surface area contributed by atoms with Crippen molar-refractivity contribution in [2.24, 2.45) is 0 Å². The van der Waals surface area contributed by atoms with Crippen LogP contribution in [-0.4, -0.2) is 17.6 Å². The Hall–Kier alpha value is -5.81. The number of rotatable bonds is 9. The van der Waals surface area contributed by atoms with Crippen LogP contribution in [0.2, 0.25) is 0 Å². The summed E-state index contributed by atoms with van der Waals surface area (Å²) in [6.07, 6.45) is 4.95. The van der Waals surface area contributed by atoms with Crippen molar-refractivity contribution in [3.8, 4) is 11.1 Å². The van der Waals surface area contributed by atoms with E-state index >= 15 is 0 Å². The van der Waals surface area contributed by atoms with E-state index in [1.54, 1.807) is 60.7 Å². The Morgan fingerprint density at radius 1 is 0.605 bits per heavy atom. The fourth-order valence-electron chi connectivity index (χ4n) is 4.47. The minimum atomic E-state index is -0.483. The summed E-state index contributed by atoms with van der Waals surface area (Å²) >= 11 is 0. The molecular formula is C38H30N2O3. The zero-order valence-corrected chi connectivity index (χ0v) is 23.7. The third kappa shape index (κ3) is 7.90. The highest BCUT2D eigenvalue weighted by Crippen LogP contribution is 2.20. The Kier molecular flexibility index (Phi) is 9.15. The molecule has 2 amide bonds. The van der Waals surface area contributed by atoms with Crippen LogP contribution >= 0.6 is 0 Å². The van der Waals surface area contributed by atoms with Gasteiger partial charge in [0, 0.05) is 16.8 Å². The maximum absolute atomic E-state index is 13.3. The van der Waals surface area contributed by atoms with Gasteiger partial charge in [-0.25, -0.2) is 0 Å². The second-order valence-electron chi connectivity index (χ2n) is 10.0. The van der Waals surface area contributed by atoms with Crippen LogP contribution in [0.15, 0.2) is 145 Å². The molecule has 0 saturated carbocycles.